The van der Waals surface area contributed by atoms with Crippen LogP contribution in [0.4, 0.5) is 13.2 Å². The minimum Gasteiger partial charge on any atom is -0.405 e. The Morgan fingerprint density at radius 2 is 1.71 bits per heavy atom. The Bertz CT molecular complexity index is 447. The van der Waals surface area contributed by atoms with Gasteiger partial charge in [-0.15, -0.1) is 25.6 Å². The molecule has 0 aliphatic carbocycles. The van der Waals surface area contributed by atoms with Crippen molar-refractivity contribution < 1.29 is 23.0 Å². The van der Waals surface area contributed by atoms with E-state index in [2.05, 4.69) is 4.74 Å². The summed E-state index contributed by atoms with van der Waals surface area (Å²) in [6.45, 7) is 5.72. The lowest BCUT2D eigenvalue weighted by molar-refractivity contribution is -0.275. The van der Waals surface area contributed by atoms with Gasteiger partial charge in [0.05, 0.1) is 6.10 Å². The van der Waals surface area contributed by atoms with Crippen LogP contribution >= 0.6 is 12.4 Å². The molecule has 122 valence electrons. The standard InChI is InChI=1S/C14H20F3NO2.ClH/c1-13(2,3)12(18)8-10(19)9-6-4-5-7-11(9)20-14(15,16)17;/h4-7,10,12,19H,8,18H2,1-3H3;1H/t10-,12-;/m0./s1. The van der Waals surface area contributed by atoms with Crippen LogP contribution in [0.2, 0.25) is 0 Å². The Morgan fingerprint density at radius 3 is 2.19 bits per heavy atom. The summed E-state index contributed by atoms with van der Waals surface area (Å²) in [5.41, 5.74) is 5.78. The maximum absolute atomic E-state index is 12.3. The van der Waals surface area contributed by atoms with Gasteiger partial charge in [-0.05, 0) is 17.9 Å². The van der Waals surface area contributed by atoms with Crippen molar-refractivity contribution in [3.05, 3.63) is 29.8 Å². The van der Waals surface area contributed by atoms with Crippen molar-refractivity contribution >= 4 is 12.4 Å². The normalized spacial score (nSPS) is 15.0. The van der Waals surface area contributed by atoms with Gasteiger partial charge in [-0.25, -0.2) is 0 Å². The number of aliphatic hydroxyl groups is 1. The number of halogens is 4. The van der Waals surface area contributed by atoms with Crippen LogP contribution in [0.3, 0.4) is 0 Å². The summed E-state index contributed by atoms with van der Waals surface area (Å²) in [6, 6.07) is 5.19. The van der Waals surface area contributed by atoms with E-state index >= 15 is 0 Å². The van der Waals surface area contributed by atoms with Crippen LogP contribution in [0.1, 0.15) is 38.9 Å². The van der Waals surface area contributed by atoms with E-state index in [4.69, 9.17) is 5.73 Å². The van der Waals surface area contributed by atoms with Crippen molar-refractivity contribution in [3.63, 3.8) is 0 Å². The molecule has 0 bridgehead atoms. The average Bonchev–Trinajstić information content (AvgIpc) is 2.25. The molecule has 0 aliphatic rings. The number of hydrogen-bond acceptors (Lipinski definition) is 3. The van der Waals surface area contributed by atoms with E-state index in [-0.39, 0.29) is 35.8 Å². The molecule has 0 saturated carbocycles. The molecule has 2 atom stereocenters. The van der Waals surface area contributed by atoms with Gasteiger partial charge in [0, 0.05) is 11.6 Å². The third-order valence-electron chi connectivity index (χ3n) is 3.09. The zero-order valence-electron chi connectivity index (χ0n) is 12.1. The highest BCUT2D eigenvalue weighted by atomic mass is 35.5. The Labute approximate surface area is 128 Å². The fraction of sp³-hybridized carbons (Fsp3) is 0.571. The number of hydrogen-bond donors (Lipinski definition) is 2. The van der Waals surface area contributed by atoms with E-state index in [1.54, 1.807) is 6.07 Å². The second-order valence-corrected chi connectivity index (χ2v) is 5.81. The van der Waals surface area contributed by atoms with Gasteiger partial charge in [0.2, 0.25) is 0 Å². The predicted molar refractivity (Wildman–Crippen MR) is 77.4 cm³/mol. The first kappa shape index (κ1) is 20.0. The van der Waals surface area contributed by atoms with Gasteiger partial charge >= 0.3 is 6.36 Å². The number of ether oxygens (including phenoxy) is 1. The number of para-hydroxylation sites is 1. The first-order valence-corrected chi connectivity index (χ1v) is 6.29. The summed E-state index contributed by atoms with van der Waals surface area (Å²) in [5, 5.41) is 10.1. The summed E-state index contributed by atoms with van der Waals surface area (Å²) < 4.78 is 40.8. The SMILES string of the molecule is CC(C)(C)[C@@H](N)C[C@H](O)c1ccccc1OC(F)(F)F.Cl. The lowest BCUT2D eigenvalue weighted by atomic mass is 9.83. The maximum atomic E-state index is 12.3. The molecular formula is C14H21ClF3NO2. The second kappa shape index (κ2) is 7.33. The zero-order valence-corrected chi connectivity index (χ0v) is 13.0. The maximum Gasteiger partial charge on any atom is 0.573 e. The van der Waals surface area contributed by atoms with Crippen molar-refractivity contribution in [1.82, 2.24) is 0 Å². The fourth-order valence-electron chi connectivity index (χ4n) is 1.69. The number of aliphatic hydroxyl groups excluding tert-OH is 1. The van der Waals surface area contributed by atoms with E-state index in [1.807, 2.05) is 20.8 Å². The Morgan fingerprint density at radius 1 is 1.19 bits per heavy atom. The molecule has 0 saturated heterocycles. The van der Waals surface area contributed by atoms with Crippen molar-refractivity contribution in [2.45, 2.75) is 45.7 Å². The van der Waals surface area contributed by atoms with Gasteiger partial charge in [0.15, 0.2) is 0 Å². The summed E-state index contributed by atoms with van der Waals surface area (Å²) >= 11 is 0. The van der Waals surface area contributed by atoms with Crippen LogP contribution in [0.5, 0.6) is 5.75 Å². The van der Waals surface area contributed by atoms with Gasteiger partial charge < -0.3 is 15.6 Å². The molecule has 7 heteroatoms. The Kier molecular flexibility index (Phi) is 6.99. The van der Waals surface area contributed by atoms with E-state index in [0.29, 0.717) is 0 Å². The van der Waals surface area contributed by atoms with Gasteiger partial charge in [-0.1, -0.05) is 39.0 Å². The van der Waals surface area contributed by atoms with Crippen molar-refractivity contribution in [2.75, 3.05) is 0 Å². The third kappa shape index (κ3) is 6.54. The third-order valence-corrected chi connectivity index (χ3v) is 3.09. The molecule has 1 aromatic carbocycles. The van der Waals surface area contributed by atoms with Crippen LogP contribution in [0, 0.1) is 5.41 Å². The van der Waals surface area contributed by atoms with E-state index in [0.717, 1.165) is 0 Å². The molecule has 0 spiro atoms. The summed E-state index contributed by atoms with van der Waals surface area (Å²) in [5.74, 6) is -0.395. The monoisotopic (exact) mass is 327 g/mol. The summed E-state index contributed by atoms with van der Waals surface area (Å²) in [7, 11) is 0. The summed E-state index contributed by atoms with van der Waals surface area (Å²) in [4.78, 5) is 0. The van der Waals surface area contributed by atoms with Gasteiger partial charge in [-0.2, -0.15) is 0 Å². The van der Waals surface area contributed by atoms with Crippen molar-refractivity contribution in [2.24, 2.45) is 11.1 Å². The first-order valence-electron chi connectivity index (χ1n) is 6.29. The molecule has 3 nitrogen and oxygen atoms in total. The average molecular weight is 328 g/mol. The number of benzene rings is 1. The van der Waals surface area contributed by atoms with Crippen molar-refractivity contribution in [1.29, 1.82) is 0 Å². The molecule has 0 radical (unpaired) electrons. The Hall–Kier alpha value is -0.980. The highest BCUT2D eigenvalue weighted by molar-refractivity contribution is 5.85. The van der Waals surface area contributed by atoms with Crippen LogP contribution in [-0.4, -0.2) is 17.5 Å². The molecule has 1 aromatic rings. The van der Waals surface area contributed by atoms with Gasteiger partial charge in [0.25, 0.3) is 0 Å². The minimum absolute atomic E-state index is 0. The fourth-order valence-corrected chi connectivity index (χ4v) is 1.69. The molecule has 3 N–H and O–H groups in total. The molecule has 21 heavy (non-hydrogen) atoms. The van der Waals surface area contributed by atoms with E-state index < -0.39 is 18.2 Å². The lowest BCUT2D eigenvalue weighted by Crippen LogP contribution is -2.36. The van der Waals surface area contributed by atoms with Crippen LogP contribution in [-0.2, 0) is 0 Å². The molecule has 0 aromatic heterocycles. The van der Waals surface area contributed by atoms with Crippen LogP contribution in [0.15, 0.2) is 24.3 Å². The van der Waals surface area contributed by atoms with E-state index in [1.165, 1.54) is 18.2 Å². The topological polar surface area (TPSA) is 55.5 Å². The Balaban J connectivity index is 0.00000400. The second-order valence-electron chi connectivity index (χ2n) is 5.81. The predicted octanol–water partition coefficient (Wildman–Crippen LogP) is 3.80. The lowest BCUT2D eigenvalue weighted by Gasteiger charge is -2.29. The first-order chi connectivity index (χ1) is 9.00. The van der Waals surface area contributed by atoms with Gasteiger partial charge in [-0.3, -0.25) is 0 Å². The number of alkyl halides is 3. The van der Waals surface area contributed by atoms with Crippen LogP contribution in [0.25, 0.3) is 0 Å². The highest BCUT2D eigenvalue weighted by Gasteiger charge is 2.33. The molecule has 0 amide bonds. The largest absolute Gasteiger partial charge is 0.573 e. The highest BCUT2D eigenvalue weighted by Crippen LogP contribution is 2.34. The molecule has 0 fully saturated rings. The van der Waals surface area contributed by atoms with E-state index in [9.17, 15) is 18.3 Å². The summed E-state index contributed by atoms with van der Waals surface area (Å²) in [6.07, 6.45) is -5.74. The molecule has 0 heterocycles. The quantitative estimate of drug-likeness (QED) is 0.884. The number of rotatable bonds is 4. The smallest absolute Gasteiger partial charge is 0.405 e. The van der Waals surface area contributed by atoms with Crippen molar-refractivity contribution in [3.8, 4) is 5.75 Å². The zero-order chi connectivity index (χ0) is 15.6. The molecular weight excluding hydrogens is 307 g/mol. The van der Waals surface area contributed by atoms with Gasteiger partial charge in [0.1, 0.15) is 5.75 Å². The van der Waals surface area contributed by atoms with Crippen LogP contribution < -0.4 is 10.5 Å². The minimum atomic E-state index is -4.79. The molecule has 0 aliphatic heterocycles. The molecule has 1 rings (SSSR count). The molecule has 0 unspecified atom stereocenters. The number of nitrogens with two attached hydrogens (primary N) is 1.